The van der Waals surface area contributed by atoms with Gasteiger partial charge in [0.25, 0.3) is 0 Å². The first-order chi connectivity index (χ1) is 10.5. The van der Waals surface area contributed by atoms with Gasteiger partial charge in [0.15, 0.2) is 5.78 Å². The molecule has 0 radical (unpaired) electrons. The number of pyridine rings is 1. The van der Waals surface area contributed by atoms with Crippen molar-refractivity contribution >= 4 is 12.1 Å². The number of aldehydes is 1. The van der Waals surface area contributed by atoms with Gasteiger partial charge in [-0.3, -0.25) is 9.78 Å². The predicted molar refractivity (Wildman–Crippen MR) is 77.3 cm³/mol. The maximum absolute atomic E-state index is 13.3. The van der Waals surface area contributed by atoms with Crippen molar-refractivity contribution in [1.29, 1.82) is 0 Å². The second kappa shape index (κ2) is 7.02. The van der Waals surface area contributed by atoms with Crippen molar-refractivity contribution < 1.29 is 18.4 Å². The minimum absolute atomic E-state index is 0.0860. The lowest BCUT2D eigenvalue weighted by Gasteiger charge is -2.17. The zero-order valence-electron chi connectivity index (χ0n) is 12.0. The van der Waals surface area contributed by atoms with Crippen molar-refractivity contribution in [3.8, 4) is 0 Å². The molecule has 22 heavy (non-hydrogen) atoms. The average molecular weight is 303 g/mol. The van der Waals surface area contributed by atoms with Crippen LogP contribution in [0.15, 0.2) is 42.6 Å². The van der Waals surface area contributed by atoms with Crippen molar-refractivity contribution in [1.82, 2.24) is 4.98 Å². The van der Waals surface area contributed by atoms with E-state index < -0.39 is 23.5 Å². The molecule has 1 aromatic heterocycles. The Kier molecular flexibility index (Phi) is 5.09. The molecule has 0 N–H and O–H groups in total. The fourth-order valence-electron chi connectivity index (χ4n) is 2.28. The average Bonchev–Trinajstić information content (AvgIpc) is 2.51. The summed E-state index contributed by atoms with van der Waals surface area (Å²) >= 11 is 0. The van der Waals surface area contributed by atoms with E-state index in [9.17, 15) is 18.4 Å². The highest BCUT2D eigenvalue weighted by Crippen LogP contribution is 2.24. The van der Waals surface area contributed by atoms with Crippen molar-refractivity contribution in [3.63, 3.8) is 0 Å². The summed E-state index contributed by atoms with van der Waals surface area (Å²) in [4.78, 5) is 27.4. The Morgan fingerprint density at radius 1 is 1.23 bits per heavy atom. The van der Waals surface area contributed by atoms with E-state index >= 15 is 0 Å². The number of Topliss-reactive ketones (excluding diaryl/α,β-unsaturated/α-hetero) is 1. The number of carbonyl (C=O) groups excluding carboxylic acids is 2. The molecule has 5 heteroatoms. The summed E-state index contributed by atoms with van der Waals surface area (Å²) in [6.45, 7) is 1.50. The van der Waals surface area contributed by atoms with Gasteiger partial charge in [0, 0.05) is 12.3 Å². The number of halogens is 2. The molecule has 0 saturated carbocycles. The van der Waals surface area contributed by atoms with Gasteiger partial charge >= 0.3 is 0 Å². The third-order valence-electron chi connectivity index (χ3n) is 3.40. The second-order valence-electron chi connectivity index (χ2n) is 5.12. The van der Waals surface area contributed by atoms with Crippen LogP contribution in [0, 0.1) is 17.6 Å². The smallest absolute Gasteiger partial charge is 0.152 e. The molecule has 0 spiro atoms. The maximum Gasteiger partial charge on any atom is 0.152 e. The summed E-state index contributed by atoms with van der Waals surface area (Å²) in [5.41, 5.74) is 0.825. The summed E-state index contributed by atoms with van der Waals surface area (Å²) < 4.78 is 26.6. The second-order valence-corrected chi connectivity index (χ2v) is 5.12. The Bertz CT molecular complexity index is 653. The summed E-state index contributed by atoms with van der Waals surface area (Å²) in [6.07, 6.45) is 2.18. The third-order valence-corrected chi connectivity index (χ3v) is 3.40. The number of carbonyl (C=O) groups is 2. The fourth-order valence-corrected chi connectivity index (χ4v) is 2.28. The lowest BCUT2D eigenvalue weighted by Crippen LogP contribution is -2.23. The maximum atomic E-state index is 13.3. The molecule has 0 aliphatic rings. The number of aromatic nitrogens is 1. The number of nitrogens with zero attached hydrogens (tertiary/aromatic N) is 1. The first-order valence-corrected chi connectivity index (χ1v) is 6.86. The molecule has 0 amide bonds. The molecule has 114 valence electrons. The minimum atomic E-state index is -0.801. The molecule has 0 aliphatic carbocycles. The first-order valence-electron chi connectivity index (χ1n) is 6.86. The van der Waals surface area contributed by atoms with E-state index in [-0.39, 0.29) is 12.2 Å². The highest BCUT2D eigenvalue weighted by molar-refractivity contribution is 5.97. The molecule has 1 heterocycles. The highest BCUT2D eigenvalue weighted by Gasteiger charge is 2.26. The molecule has 2 unspecified atom stereocenters. The molecule has 0 aliphatic heterocycles. The van der Waals surface area contributed by atoms with E-state index in [0.717, 1.165) is 6.07 Å². The SMILES string of the molecule is CC(C=O)C(=O)C(Cc1cc(F)cc(F)c1)c1ccccn1. The molecular formula is C17H15F2NO2. The van der Waals surface area contributed by atoms with Crippen LogP contribution >= 0.6 is 0 Å². The van der Waals surface area contributed by atoms with Gasteiger partial charge < -0.3 is 4.79 Å². The minimum Gasteiger partial charge on any atom is -0.303 e. The molecule has 2 atom stereocenters. The van der Waals surface area contributed by atoms with Crippen molar-refractivity contribution in [2.24, 2.45) is 5.92 Å². The summed E-state index contributed by atoms with van der Waals surface area (Å²) in [5.74, 6) is -3.25. The van der Waals surface area contributed by atoms with Crippen LogP contribution < -0.4 is 0 Å². The van der Waals surface area contributed by atoms with Gasteiger partial charge in [-0.05, 0) is 43.2 Å². The highest BCUT2D eigenvalue weighted by atomic mass is 19.1. The van der Waals surface area contributed by atoms with E-state index in [1.807, 2.05) is 0 Å². The van der Waals surface area contributed by atoms with E-state index in [1.54, 1.807) is 18.2 Å². The van der Waals surface area contributed by atoms with Gasteiger partial charge in [0.2, 0.25) is 0 Å². The molecule has 3 nitrogen and oxygen atoms in total. The van der Waals surface area contributed by atoms with Crippen molar-refractivity contribution in [3.05, 3.63) is 65.5 Å². The standard InChI is InChI=1S/C17H15F2NO2/c1-11(10-21)17(22)15(16-4-2-3-5-20-16)8-12-6-13(18)9-14(19)7-12/h2-7,9-11,15H,8H2,1H3. The summed E-state index contributed by atoms with van der Waals surface area (Å²) in [5, 5.41) is 0. The molecule has 2 aromatic rings. The van der Waals surface area contributed by atoms with Crippen LogP contribution in [0.5, 0.6) is 0 Å². The first kappa shape index (κ1) is 15.9. The van der Waals surface area contributed by atoms with E-state index in [2.05, 4.69) is 4.98 Å². The zero-order valence-corrected chi connectivity index (χ0v) is 12.0. The Labute approximate surface area is 127 Å². The van der Waals surface area contributed by atoms with Crippen LogP contribution in [0.25, 0.3) is 0 Å². The topological polar surface area (TPSA) is 47.0 Å². The monoisotopic (exact) mass is 303 g/mol. The van der Waals surface area contributed by atoms with Crippen molar-refractivity contribution in [2.45, 2.75) is 19.3 Å². The molecular weight excluding hydrogens is 288 g/mol. The fraction of sp³-hybridized carbons (Fsp3) is 0.235. The Balaban J connectivity index is 2.36. The quantitative estimate of drug-likeness (QED) is 0.608. The number of rotatable bonds is 6. The van der Waals surface area contributed by atoms with Crippen LogP contribution in [0.4, 0.5) is 8.78 Å². The van der Waals surface area contributed by atoms with E-state index in [0.29, 0.717) is 17.5 Å². The molecule has 0 bridgehead atoms. The van der Waals surface area contributed by atoms with Crippen LogP contribution in [0.1, 0.15) is 24.1 Å². The summed E-state index contributed by atoms with van der Waals surface area (Å²) in [7, 11) is 0. The number of hydrogen-bond acceptors (Lipinski definition) is 3. The molecule has 2 rings (SSSR count). The van der Waals surface area contributed by atoms with Gasteiger partial charge in [0.1, 0.15) is 17.9 Å². The molecule has 0 saturated heterocycles. The van der Waals surface area contributed by atoms with Crippen LogP contribution in [-0.4, -0.2) is 17.1 Å². The van der Waals surface area contributed by atoms with Crippen LogP contribution in [0.2, 0.25) is 0 Å². The van der Waals surface area contributed by atoms with E-state index in [4.69, 9.17) is 0 Å². The van der Waals surface area contributed by atoms with Gasteiger partial charge in [-0.15, -0.1) is 0 Å². The van der Waals surface area contributed by atoms with Gasteiger partial charge in [-0.2, -0.15) is 0 Å². The number of hydrogen-bond donors (Lipinski definition) is 0. The largest absolute Gasteiger partial charge is 0.303 e. The normalized spacial score (nSPS) is 13.4. The lowest BCUT2D eigenvalue weighted by atomic mass is 9.86. The molecule has 0 fully saturated rings. The summed E-state index contributed by atoms with van der Waals surface area (Å²) in [6, 6.07) is 8.22. The van der Waals surface area contributed by atoms with Gasteiger partial charge in [0.05, 0.1) is 17.5 Å². The number of benzene rings is 1. The Morgan fingerprint density at radius 3 is 2.45 bits per heavy atom. The van der Waals surface area contributed by atoms with Crippen molar-refractivity contribution in [2.75, 3.05) is 0 Å². The van der Waals surface area contributed by atoms with E-state index in [1.165, 1.54) is 25.3 Å². The predicted octanol–water partition coefficient (Wildman–Crippen LogP) is 3.09. The van der Waals surface area contributed by atoms with Crippen LogP contribution in [0.3, 0.4) is 0 Å². The third kappa shape index (κ3) is 3.81. The lowest BCUT2D eigenvalue weighted by molar-refractivity contribution is -0.127. The Hall–Kier alpha value is -2.43. The van der Waals surface area contributed by atoms with Gasteiger partial charge in [-0.1, -0.05) is 6.07 Å². The zero-order chi connectivity index (χ0) is 16.1. The Morgan fingerprint density at radius 2 is 1.91 bits per heavy atom. The van der Waals surface area contributed by atoms with Crippen LogP contribution in [-0.2, 0) is 16.0 Å². The van der Waals surface area contributed by atoms with Gasteiger partial charge in [-0.25, -0.2) is 8.78 Å². The molecule has 1 aromatic carbocycles. The number of ketones is 1.